The van der Waals surface area contributed by atoms with Gasteiger partial charge in [-0.25, -0.2) is 4.98 Å². The Kier molecular flexibility index (Phi) is 2.89. The van der Waals surface area contributed by atoms with Crippen LogP contribution in [-0.2, 0) is 6.61 Å². The fourth-order valence-electron chi connectivity index (χ4n) is 2.23. The summed E-state index contributed by atoms with van der Waals surface area (Å²) < 4.78 is 0. The van der Waals surface area contributed by atoms with Crippen molar-refractivity contribution >= 4 is 5.82 Å². The molecule has 0 saturated carbocycles. The minimum atomic E-state index is 0.0740. The maximum atomic E-state index is 9.10. The van der Waals surface area contributed by atoms with Crippen LogP contribution in [0, 0.1) is 12.3 Å². The van der Waals surface area contributed by atoms with E-state index in [2.05, 4.69) is 23.7 Å². The summed E-state index contributed by atoms with van der Waals surface area (Å²) in [6.07, 6.45) is 1.22. The van der Waals surface area contributed by atoms with Crippen molar-refractivity contribution in [1.29, 1.82) is 0 Å². The summed E-state index contributed by atoms with van der Waals surface area (Å²) in [6, 6.07) is 3.99. The first-order chi connectivity index (χ1) is 7.52. The van der Waals surface area contributed by atoms with Crippen molar-refractivity contribution in [1.82, 2.24) is 4.98 Å². The van der Waals surface area contributed by atoms with Crippen LogP contribution in [0.15, 0.2) is 12.1 Å². The first-order valence-corrected chi connectivity index (χ1v) is 5.84. The maximum Gasteiger partial charge on any atom is 0.128 e. The predicted molar refractivity (Wildman–Crippen MR) is 65.5 cm³/mol. The zero-order chi connectivity index (χ0) is 11.8. The standard InChI is InChI=1S/C13H20N2O/c1-10-11(8-16)4-5-12(14-10)15-7-6-13(2,3)9-15/h4-5,16H,6-9H2,1-3H3. The number of hydrogen-bond donors (Lipinski definition) is 1. The van der Waals surface area contributed by atoms with Crippen molar-refractivity contribution in [3.63, 3.8) is 0 Å². The average Bonchev–Trinajstić information content (AvgIpc) is 2.59. The lowest BCUT2D eigenvalue weighted by Gasteiger charge is -2.21. The van der Waals surface area contributed by atoms with Crippen LogP contribution in [-0.4, -0.2) is 23.2 Å². The molecule has 2 heterocycles. The van der Waals surface area contributed by atoms with E-state index in [-0.39, 0.29) is 6.61 Å². The number of aromatic nitrogens is 1. The fraction of sp³-hybridized carbons (Fsp3) is 0.615. The molecule has 0 aliphatic carbocycles. The first kappa shape index (κ1) is 11.4. The quantitative estimate of drug-likeness (QED) is 0.829. The zero-order valence-corrected chi connectivity index (χ0v) is 10.3. The van der Waals surface area contributed by atoms with Crippen molar-refractivity contribution in [2.45, 2.75) is 33.8 Å². The minimum Gasteiger partial charge on any atom is -0.392 e. The van der Waals surface area contributed by atoms with Gasteiger partial charge in [-0.05, 0) is 30.4 Å². The fourth-order valence-corrected chi connectivity index (χ4v) is 2.23. The van der Waals surface area contributed by atoms with E-state index in [1.54, 1.807) is 0 Å². The second-order valence-electron chi connectivity index (χ2n) is 5.41. The molecule has 0 unspecified atom stereocenters. The summed E-state index contributed by atoms with van der Waals surface area (Å²) in [5, 5.41) is 9.10. The van der Waals surface area contributed by atoms with Crippen LogP contribution in [0.3, 0.4) is 0 Å². The van der Waals surface area contributed by atoms with E-state index in [0.29, 0.717) is 5.41 Å². The van der Waals surface area contributed by atoms with Gasteiger partial charge in [0.15, 0.2) is 0 Å². The van der Waals surface area contributed by atoms with Gasteiger partial charge in [0.1, 0.15) is 5.82 Å². The van der Waals surface area contributed by atoms with Crippen molar-refractivity contribution in [2.24, 2.45) is 5.41 Å². The molecule has 3 heteroatoms. The zero-order valence-electron chi connectivity index (χ0n) is 10.3. The summed E-state index contributed by atoms with van der Waals surface area (Å²) in [5.41, 5.74) is 2.25. The molecule has 0 atom stereocenters. The third-order valence-corrected chi connectivity index (χ3v) is 3.35. The van der Waals surface area contributed by atoms with E-state index < -0.39 is 0 Å². The molecule has 88 valence electrons. The molecule has 0 spiro atoms. The molecule has 1 saturated heterocycles. The van der Waals surface area contributed by atoms with E-state index in [9.17, 15) is 0 Å². The SMILES string of the molecule is Cc1nc(N2CCC(C)(C)C2)ccc1CO. The van der Waals surface area contributed by atoms with E-state index in [0.717, 1.165) is 30.2 Å². The van der Waals surface area contributed by atoms with E-state index >= 15 is 0 Å². The Bertz CT molecular complexity index is 388. The Balaban J connectivity index is 2.20. The Labute approximate surface area is 97.1 Å². The van der Waals surface area contributed by atoms with E-state index in [1.807, 2.05) is 19.1 Å². The van der Waals surface area contributed by atoms with Crippen LogP contribution in [0.25, 0.3) is 0 Å². The molecule has 2 rings (SSSR count). The summed E-state index contributed by atoms with van der Waals surface area (Å²) in [4.78, 5) is 6.88. The van der Waals surface area contributed by atoms with Gasteiger partial charge in [0.2, 0.25) is 0 Å². The van der Waals surface area contributed by atoms with Gasteiger partial charge in [-0.2, -0.15) is 0 Å². The van der Waals surface area contributed by atoms with Gasteiger partial charge in [0.25, 0.3) is 0 Å². The van der Waals surface area contributed by atoms with Crippen molar-refractivity contribution in [3.05, 3.63) is 23.4 Å². The largest absolute Gasteiger partial charge is 0.392 e. The number of nitrogens with zero attached hydrogens (tertiary/aromatic N) is 2. The van der Waals surface area contributed by atoms with Gasteiger partial charge in [-0.15, -0.1) is 0 Å². The number of anilines is 1. The lowest BCUT2D eigenvalue weighted by atomic mass is 9.93. The Morgan fingerprint density at radius 1 is 1.44 bits per heavy atom. The normalized spacial score (nSPS) is 19.1. The Hall–Kier alpha value is -1.09. The van der Waals surface area contributed by atoms with Crippen molar-refractivity contribution in [3.8, 4) is 0 Å². The molecule has 1 aliphatic heterocycles. The average molecular weight is 220 g/mol. The molecular formula is C13H20N2O. The number of hydrogen-bond acceptors (Lipinski definition) is 3. The third kappa shape index (κ3) is 2.19. The van der Waals surface area contributed by atoms with Crippen LogP contribution in [0.4, 0.5) is 5.82 Å². The molecule has 0 amide bonds. The van der Waals surface area contributed by atoms with Gasteiger partial charge in [0.05, 0.1) is 6.61 Å². The third-order valence-electron chi connectivity index (χ3n) is 3.35. The highest BCUT2D eigenvalue weighted by Crippen LogP contribution is 2.31. The Morgan fingerprint density at radius 2 is 2.19 bits per heavy atom. The topological polar surface area (TPSA) is 36.4 Å². The predicted octanol–water partition coefficient (Wildman–Crippen LogP) is 2.12. The maximum absolute atomic E-state index is 9.10. The molecule has 3 nitrogen and oxygen atoms in total. The number of aliphatic hydroxyl groups excluding tert-OH is 1. The monoisotopic (exact) mass is 220 g/mol. The van der Waals surface area contributed by atoms with Gasteiger partial charge in [-0.3, -0.25) is 0 Å². The van der Waals surface area contributed by atoms with Crippen LogP contribution in [0.2, 0.25) is 0 Å². The molecule has 0 radical (unpaired) electrons. The molecular weight excluding hydrogens is 200 g/mol. The van der Waals surface area contributed by atoms with Crippen molar-refractivity contribution in [2.75, 3.05) is 18.0 Å². The molecule has 1 aromatic heterocycles. The first-order valence-electron chi connectivity index (χ1n) is 5.84. The minimum absolute atomic E-state index is 0.0740. The number of aryl methyl sites for hydroxylation is 1. The second-order valence-corrected chi connectivity index (χ2v) is 5.41. The highest BCUT2D eigenvalue weighted by atomic mass is 16.3. The van der Waals surface area contributed by atoms with Crippen LogP contribution in [0.5, 0.6) is 0 Å². The van der Waals surface area contributed by atoms with Crippen molar-refractivity contribution < 1.29 is 5.11 Å². The lowest BCUT2D eigenvalue weighted by Crippen LogP contribution is -2.23. The summed E-state index contributed by atoms with van der Waals surface area (Å²) in [6.45, 7) is 8.76. The molecule has 1 aliphatic rings. The molecule has 1 N–H and O–H groups in total. The molecule has 0 aromatic carbocycles. The molecule has 1 fully saturated rings. The van der Waals surface area contributed by atoms with Gasteiger partial charge in [0, 0.05) is 18.8 Å². The van der Waals surface area contributed by atoms with Crippen LogP contribution < -0.4 is 4.90 Å². The number of rotatable bonds is 2. The molecule has 0 bridgehead atoms. The van der Waals surface area contributed by atoms with E-state index in [4.69, 9.17) is 5.11 Å². The summed E-state index contributed by atoms with van der Waals surface area (Å²) in [5.74, 6) is 1.04. The van der Waals surface area contributed by atoms with Crippen LogP contribution >= 0.6 is 0 Å². The number of pyridine rings is 1. The van der Waals surface area contributed by atoms with Gasteiger partial charge >= 0.3 is 0 Å². The number of aliphatic hydroxyl groups is 1. The molecule has 1 aromatic rings. The lowest BCUT2D eigenvalue weighted by molar-refractivity contribution is 0.280. The smallest absolute Gasteiger partial charge is 0.128 e. The highest BCUT2D eigenvalue weighted by Gasteiger charge is 2.29. The summed E-state index contributed by atoms with van der Waals surface area (Å²) in [7, 11) is 0. The summed E-state index contributed by atoms with van der Waals surface area (Å²) >= 11 is 0. The highest BCUT2D eigenvalue weighted by molar-refractivity contribution is 5.43. The van der Waals surface area contributed by atoms with Gasteiger partial charge < -0.3 is 10.0 Å². The van der Waals surface area contributed by atoms with E-state index in [1.165, 1.54) is 6.42 Å². The van der Waals surface area contributed by atoms with Crippen LogP contribution in [0.1, 0.15) is 31.5 Å². The molecule has 16 heavy (non-hydrogen) atoms. The van der Waals surface area contributed by atoms with Gasteiger partial charge in [-0.1, -0.05) is 19.9 Å². The Morgan fingerprint density at radius 3 is 2.69 bits per heavy atom. The second kappa shape index (κ2) is 4.06.